The number of methoxy groups -OCH3 is 1. The predicted molar refractivity (Wildman–Crippen MR) is 100 cm³/mol. The number of hydrogen-bond donors (Lipinski definition) is 1. The molecule has 0 radical (unpaired) electrons. The molecule has 1 N–H and O–H groups in total. The van der Waals surface area contributed by atoms with Gasteiger partial charge in [-0.25, -0.2) is 8.42 Å². The van der Waals surface area contributed by atoms with Gasteiger partial charge in [0.05, 0.1) is 32.3 Å². The van der Waals surface area contributed by atoms with Gasteiger partial charge >= 0.3 is 0 Å². The summed E-state index contributed by atoms with van der Waals surface area (Å²) in [6.45, 7) is 4.46. The van der Waals surface area contributed by atoms with Crippen molar-refractivity contribution >= 4 is 21.6 Å². The van der Waals surface area contributed by atoms with Gasteiger partial charge in [0.15, 0.2) is 0 Å². The number of ether oxygens (including phenoxy) is 2. The Bertz CT molecular complexity index is 672. The van der Waals surface area contributed by atoms with E-state index >= 15 is 0 Å². The lowest BCUT2D eigenvalue weighted by molar-refractivity contribution is -0.119. The second-order valence-corrected chi connectivity index (χ2v) is 8.03. The van der Waals surface area contributed by atoms with Gasteiger partial charge < -0.3 is 14.8 Å². The van der Waals surface area contributed by atoms with Gasteiger partial charge in [0, 0.05) is 19.6 Å². The molecule has 26 heavy (non-hydrogen) atoms. The first kappa shape index (κ1) is 20.5. The summed E-state index contributed by atoms with van der Waals surface area (Å²) >= 11 is 0. The van der Waals surface area contributed by atoms with Crippen LogP contribution in [-0.4, -0.2) is 78.5 Å². The number of sulfonamides is 1. The minimum atomic E-state index is -3.57. The number of hydrogen-bond acceptors (Lipinski definition) is 6. The summed E-state index contributed by atoms with van der Waals surface area (Å²) in [6.07, 6.45) is 1.90. The Morgan fingerprint density at radius 3 is 2.50 bits per heavy atom. The van der Waals surface area contributed by atoms with Gasteiger partial charge in [-0.05, 0) is 37.2 Å². The van der Waals surface area contributed by atoms with Crippen LogP contribution in [0.3, 0.4) is 0 Å². The molecular weight excluding hydrogens is 358 g/mol. The summed E-state index contributed by atoms with van der Waals surface area (Å²) in [4.78, 5) is 14.5. The molecule has 0 saturated carbocycles. The Morgan fingerprint density at radius 2 is 1.92 bits per heavy atom. The number of nitrogens with zero attached hydrogens (tertiary/aromatic N) is 2. The molecule has 0 spiro atoms. The summed E-state index contributed by atoms with van der Waals surface area (Å²) in [7, 11) is -2.04. The highest BCUT2D eigenvalue weighted by Crippen LogP contribution is 2.21. The molecule has 0 unspecified atom stereocenters. The number of rotatable bonds is 9. The Hall–Kier alpha value is -1.84. The fraction of sp³-hybridized carbons (Fsp3) is 0.588. The Kier molecular flexibility index (Phi) is 7.67. The summed E-state index contributed by atoms with van der Waals surface area (Å²) < 4.78 is 35.6. The molecule has 9 heteroatoms. The summed E-state index contributed by atoms with van der Waals surface area (Å²) in [5, 5.41) is 2.79. The third kappa shape index (κ3) is 6.47. The molecule has 1 fully saturated rings. The van der Waals surface area contributed by atoms with E-state index in [2.05, 4.69) is 10.2 Å². The van der Waals surface area contributed by atoms with Gasteiger partial charge in [-0.15, -0.1) is 0 Å². The van der Waals surface area contributed by atoms with E-state index in [1.807, 2.05) is 0 Å². The normalized spacial score (nSPS) is 15.5. The first-order chi connectivity index (χ1) is 12.4. The second kappa shape index (κ2) is 9.75. The van der Waals surface area contributed by atoms with Crippen molar-refractivity contribution in [3.05, 3.63) is 24.3 Å². The molecule has 0 aromatic heterocycles. The van der Waals surface area contributed by atoms with Crippen molar-refractivity contribution in [2.75, 3.05) is 63.6 Å². The number of amides is 1. The van der Waals surface area contributed by atoms with Crippen molar-refractivity contribution in [1.82, 2.24) is 10.2 Å². The van der Waals surface area contributed by atoms with E-state index < -0.39 is 10.0 Å². The molecule has 1 aliphatic rings. The molecule has 146 valence electrons. The fourth-order valence-electron chi connectivity index (χ4n) is 2.69. The van der Waals surface area contributed by atoms with Crippen LogP contribution in [0.15, 0.2) is 24.3 Å². The van der Waals surface area contributed by atoms with Crippen molar-refractivity contribution in [2.24, 2.45) is 0 Å². The number of carbonyl (C=O) groups is 1. The van der Waals surface area contributed by atoms with Gasteiger partial charge in [-0.2, -0.15) is 0 Å². The van der Waals surface area contributed by atoms with E-state index in [0.29, 0.717) is 18.0 Å². The Labute approximate surface area is 155 Å². The highest BCUT2D eigenvalue weighted by atomic mass is 32.2. The molecule has 1 aromatic rings. The standard InChI is InChI=1S/C17H27N3O5S/c1-24-16-6-4-15(5-7-16)20(26(2,22)23)14-17(21)18-8-3-9-19-10-12-25-13-11-19/h4-7H,3,8-14H2,1-2H3,(H,18,21). The van der Waals surface area contributed by atoms with Gasteiger partial charge in [0.2, 0.25) is 15.9 Å². The lowest BCUT2D eigenvalue weighted by Crippen LogP contribution is -2.41. The summed E-state index contributed by atoms with van der Waals surface area (Å²) in [5.74, 6) is 0.294. The topological polar surface area (TPSA) is 88.2 Å². The maximum Gasteiger partial charge on any atom is 0.240 e. The molecule has 1 saturated heterocycles. The van der Waals surface area contributed by atoms with Crippen LogP contribution in [0, 0.1) is 0 Å². The van der Waals surface area contributed by atoms with Crippen LogP contribution in [0.25, 0.3) is 0 Å². The average molecular weight is 385 g/mol. The predicted octanol–water partition coefficient (Wildman–Crippen LogP) is 0.300. The minimum Gasteiger partial charge on any atom is -0.497 e. The largest absolute Gasteiger partial charge is 0.497 e. The van der Waals surface area contributed by atoms with E-state index in [9.17, 15) is 13.2 Å². The van der Waals surface area contributed by atoms with Gasteiger partial charge in [-0.1, -0.05) is 0 Å². The fourth-order valence-corrected chi connectivity index (χ4v) is 3.55. The van der Waals surface area contributed by atoms with Crippen LogP contribution in [0.1, 0.15) is 6.42 Å². The number of nitrogens with one attached hydrogen (secondary N) is 1. The highest BCUT2D eigenvalue weighted by molar-refractivity contribution is 7.92. The van der Waals surface area contributed by atoms with E-state index in [1.165, 1.54) is 7.11 Å². The molecule has 1 amide bonds. The third-order valence-electron chi connectivity index (χ3n) is 4.12. The van der Waals surface area contributed by atoms with Gasteiger partial charge in [0.25, 0.3) is 0 Å². The molecule has 8 nitrogen and oxygen atoms in total. The zero-order valence-electron chi connectivity index (χ0n) is 15.3. The average Bonchev–Trinajstić information content (AvgIpc) is 2.63. The first-order valence-electron chi connectivity index (χ1n) is 8.58. The van der Waals surface area contributed by atoms with Crippen molar-refractivity contribution in [2.45, 2.75) is 6.42 Å². The van der Waals surface area contributed by atoms with Crippen LogP contribution in [0.4, 0.5) is 5.69 Å². The van der Waals surface area contributed by atoms with Crippen LogP contribution >= 0.6 is 0 Å². The lowest BCUT2D eigenvalue weighted by atomic mass is 10.3. The highest BCUT2D eigenvalue weighted by Gasteiger charge is 2.20. The van der Waals surface area contributed by atoms with E-state index in [-0.39, 0.29) is 12.5 Å². The van der Waals surface area contributed by atoms with E-state index in [0.717, 1.165) is 49.8 Å². The molecule has 1 aliphatic heterocycles. The monoisotopic (exact) mass is 385 g/mol. The number of morpholine rings is 1. The number of carbonyl (C=O) groups excluding carboxylic acids is 1. The van der Waals surface area contributed by atoms with Crippen molar-refractivity contribution in [1.29, 1.82) is 0 Å². The zero-order valence-corrected chi connectivity index (χ0v) is 16.1. The van der Waals surface area contributed by atoms with Crippen LogP contribution in [0.2, 0.25) is 0 Å². The van der Waals surface area contributed by atoms with E-state index in [4.69, 9.17) is 9.47 Å². The van der Waals surface area contributed by atoms with Crippen molar-refractivity contribution < 1.29 is 22.7 Å². The number of anilines is 1. The maximum atomic E-state index is 12.2. The zero-order chi connectivity index (χ0) is 19.0. The van der Waals surface area contributed by atoms with Crippen LogP contribution in [0.5, 0.6) is 5.75 Å². The Balaban J connectivity index is 1.84. The Morgan fingerprint density at radius 1 is 1.27 bits per heavy atom. The smallest absolute Gasteiger partial charge is 0.240 e. The molecule has 0 atom stereocenters. The lowest BCUT2D eigenvalue weighted by Gasteiger charge is -2.26. The molecule has 0 aliphatic carbocycles. The minimum absolute atomic E-state index is 0.247. The molecule has 1 heterocycles. The quantitative estimate of drug-likeness (QED) is 0.615. The SMILES string of the molecule is COc1ccc(N(CC(=O)NCCCN2CCOCC2)S(C)(=O)=O)cc1. The summed E-state index contributed by atoms with van der Waals surface area (Å²) in [6, 6.07) is 6.55. The van der Waals surface area contributed by atoms with Crippen LogP contribution in [-0.2, 0) is 19.6 Å². The molecule has 0 bridgehead atoms. The van der Waals surface area contributed by atoms with E-state index in [1.54, 1.807) is 24.3 Å². The summed E-state index contributed by atoms with van der Waals surface area (Å²) in [5.41, 5.74) is 0.428. The third-order valence-corrected chi connectivity index (χ3v) is 5.27. The molecule has 2 rings (SSSR count). The van der Waals surface area contributed by atoms with Gasteiger partial charge in [-0.3, -0.25) is 14.0 Å². The molecular formula is C17H27N3O5S. The van der Waals surface area contributed by atoms with Crippen molar-refractivity contribution in [3.63, 3.8) is 0 Å². The van der Waals surface area contributed by atoms with Crippen LogP contribution < -0.4 is 14.4 Å². The second-order valence-electron chi connectivity index (χ2n) is 6.13. The molecule has 1 aromatic carbocycles. The van der Waals surface area contributed by atoms with Gasteiger partial charge in [0.1, 0.15) is 12.3 Å². The maximum absolute atomic E-state index is 12.2. The number of benzene rings is 1. The van der Waals surface area contributed by atoms with Crippen molar-refractivity contribution in [3.8, 4) is 5.75 Å². The first-order valence-corrected chi connectivity index (χ1v) is 10.4.